The Morgan fingerprint density at radius 1 is 1.40 bits per heavy atom. The molecule has 1 aliphatic rings. The summed E-state index contributed by atoms with van der Waals surface area (Å²) in [5, 5.41) is 12.4. The molecule has 0 spiro atoms. The summed E-state index contributed by atoms with van der Waals surface area (Å²) in [6.07, 6.45) is 2.80. The fourth-order valence-electron chi connectivity index (χ4n) is 2.18. The molecule has 1 fully saturated rings. The maximum atomic E-state index is 11.9. The minimum atomic E-state index is -0.344. The average Bonchev–Trinajstić information content (AvgIpc) is 3.10. The van der Waals surface area contributed by atoms with E-state index in [1.54, 1.807) is 23.1 Å². The van der Waals surface area contributed by atoms with Crippen molar-refractivity contribution in [3.8, 4) is 0 Å². The lowest BCUT2D eigenvalue weighted by Crippen LogP contribution is -2.23. The van der Waals surface area contributed by atoms with Crippen molar-refractivity contribution in [3.05, 3.63) is 36.2 Å². The Hall–Kier alpha value is -2.70. The van der Waals surface area contributed by atoms with Crippen molar-refractivity contribution in [2.45, 2.75) is 12.8 Å². The molecule has 2 heterocycles. The van der Waals surface area contributed by atoms with Crippen molar-refractivity contribution >= 4 is 23.2 Å². The standard InChI is InChI=1S/C13H13N5O2/c19-12-5-2-6-18(12)10-4-1-3-9(7-10)15-13(20)11-8-14-17-16-11/h1,3-4,7-8H,2,5-6H2,(H,15,20)(H,14,16,17). The fraction of sp³-hybridized carbons (Fsp3) is 0.231. The lowest BCUT2D eigenvalue weighted by molar-refractivity contribution is -0.117. The van der Waals surface area contributed by atoms with Crippen molar-refractivity contribution in [3.63, 3.8) is 0 Å². The van der Waals surface area contributed by atoms with Crippen LogP contribution in [0.15, 0.2) is 30.5 Å². The molecular weight excluding hydrogens is 258 g/mol. The Morgan fingerprint density at radius 2 is 2.30 bits per heavy atom. The van der Waals surface area contributed by atoms with E-state index in [4.69, 9.17) is 0 Å². The van der Waals surface area contributed by atoms with E-state index in [1.807, 2.05) is 6.07 Å². The van der Waals surface area contributed by atoms with Crippen LogP contribution >= 0.6 is 0 Å². The van der Waals surface area contributed by atoms with Crippen LogP contribution in [-0.4, -0.2) is 33.8 Å². The van der Waals surface area contributed by atoms with Crippen molar-refractivity contribution in [1.82, 2.24) is 15.4 Å². The van der Waals surface area contributed by atoms with Crippen LogP contribution in [0.3, 0.4) is 0 Å². The third-order valence-electron chi connectivity index (χ3n) is 3.14. The zero-order chi connectivity index (χ0) is 13.9. The van der Waals surface area contributed by atoms with Gasteiger partial charge in [0.15, 0.2) is 5.69 Å². The van der Waals surface area contributed by atoms with Gasteiger partial charge in [-0.3, -0.25) is 9.59 Å². The van der Waals surface area contributed by atoms with Crippen molar-refractivity contribution in [1.29, 1.82) is 0 Å². The molecule has 0 radical (unpaired) electrons. The second-order valence-corrected chi connectivity index (χ2v) is 4.51. The van der Waals surface area contributed by atoms with E-state index in [9.17, 15) is 9.59 Å². The highest BCUT2D eigenvalue weighted by atomic mass is 16.2. The van der Waals surface area contributed by atoms with Gasteiger partial charge in [0.1, 0.15) is 0 Å². The van der Waals surface area contributed by atoms with Crippen molar-refractivity contribution < 1.29 is 9.59 Å². The summed E-state index contributed by atoms with van der Waals surface area (Å²) in [7, 11) is 0. The van der Waals surface area contributed by atoms with Gasteiger partial charge < -0.3 is 10.2 Å². The van der Waals surface area contributed by atoms with E-state index >= 15 is 0 Å². The van der Waals surface area contributed by atoms with E-state index in [-0.39, 0.29) is 17.5 Å². The highest BCUT2D eigenvalue weighted by molar-refractivity contribution is 6.03. The molecule has 1 aromatic carbocycles. The summed E-state index contributed by atoms with van der Waals surface area (Å²) >= 11 is 0. The number of rotatable bonds is 3. The van der Waals surface area contributed by atoms with Crippen LogP contribution in [0, 0.1) is 0 Å². The molecule has 0 saturated carbocycles. The molecule has 0 atom stereocenters. The normalized spacial score (nSPS) is 14.6. The number of carbonyl (C=O) groups is 2. The van der Waals surface area contributed by atoms with Gasteiger partial charge in [0.2, 0.25) is 5.91 Å². The number of amides is 2. The van der Waals surface area contributed by atoms with Gasteiger partial charge in [-0.2, -0.15) is 15.4 Å². The second-order valence-electron chi connectivity index (χ2n) is 4.51. The van der Waals surface area contributed by atoms with Crippen LogP contribution in [0.2, 0.25) is 0 Å². The highest BCUT2D eigenvalue weighted by Gasteiger charge is 2.21. The molecule has 2 N–H and O–H groups in total. The van der Waals surface area contributed by atoms with Crippen molar-refractivity contribution in [2.75, 3.05) is 16.8 Å². The van der Waals surface area contributed by atoms with E-state index in [2.05, 4.69) is 20.7 Å². The quantitative estimate of drug-likeness (QED) is 0.877. The molecule has 7 nitrogen and oxygen atoms in total. The molecular formula is C13H13N5O2. The first kappa shape index (κ1) is 12.3. The Bertz CT molecular complexity index is 638. The molecule has 0 aliphatic carbocycles. The lowest BCUT2D eigenvalue weighted by Gasteiger charge is -2.16. The van der Waals surface area contributed by atoms with Crippen molar-refractivity contribution in [2.24, 2.45) is 0 Å². The zero-order valence-corrected chi connectivity index (χ0v) is 10.7. The minimum absolute atomic E-state index is 0.116. The Balaban J connectivity index is 1.78. The molecule has 1 aliphatic heterocycles. The van der Waals surface area contributed by atoms with Gasteiger partial charge in [0.25, 0.3) is 5.91 Å². The van der Waals surface area contributed by atoms with Gasteiger partial charge in [-0.15, -0.1) is 0 Å². The van der Waals surface area contributed by atoms with Crippen LogP contribution in [-0.2, 0) is 4.79 Å². The molecule has 102 valence electrons. The number of benzene rings is 1. The molecule has 1 aromatic heterocycles. The fourth-order valence-corrected chi connectivity index (χ4v) is 2.18. The van der Waals surface area contributed by atoms with Gasteiger partial charge in [0, 0.05) is 24.3 Å². The molecule has 7 heteroatoms. The smallest absolute Gasteiger partial charge is 0.277 e. The number of aromatic nitrogens is 3. The van der Waals surface area contributed by atoms with E-state index < -0.39 is 0 Å². The number of H-pyrrole nitrogens is 1. The van der Waals surface area contributed by atoms with E-state index in [0.717, 1.165) is 18.7 Å². The SMILES string of the molecule is O=C(Nc1cccc(N2CCCC2=O)c1)c1cn[nH]n1. The summed E-state index contributed by atoms with van der Waals surface area (Å²) in [4.78, 5) is 25.3. The molecule has 2 aromatic rings. The zero-order valence-electron chi connectivity index (χ0n) is 10.7. The predicted molar refractivity (Wildman–Crippen MR) is 72.4 cm³/mol. The van der Waals surface area contributed by atoms with Gasteiger partial charge >= 0.3 is 0 Å². The number of hydrogen-bond donors (Lipinski definition) is 2. The van der Waals surface area contributed by atoms with Gasteiger partial charge in [0.05, 0.1) is 6.20 Å². The number of anilines is 2. The first-order valence-electron chi connectivity index (χ1n) is 6.31. The minimum Gasteiger partial charge on any atom is -0.320 e. The average molecular weight is 271 g/mol. The molecule has 1 saturated heterocycles. The van der Waals surface area contributed by atoms with Gasteiger partial charge in [-0.1, -0.05) is 6.07 Å². The summed E-state index contributed by atoms with van der Waals surface area (Å²) in [5.74, 6) is -0.228. The summed E-state index contributed by atoms with van der Waals surface area (Å²) in [6, 6.07) is 7.21. The molecule has 0 bridgehead atoms. The first-order valence-corrected chi connectivity index (χ1v) is 6.31. The summed E-state index contributed by atoms with van der Waals surface area (Å²) in [6.45, 7) is 0.722. The second kappa shape index (κ2) is 5.12. The number of nitrogens with one attached hydrogen (secondary N) is 2. The Kier molecular flexibility index (Phi) is 3.16. The topological polar surface area (TPSA) is 91.0 Å². The number of hydrogen-bond acceptors (Lipinski definition) is 4. The lowest BCUT2D eigenvalue weighted by atomic mass is 10.2. The largest absolute Gasteiger partial charge is 0.320 e. The monoisotopic (exact) mass is 271 g/mol. The van der Waals surface area contributed by atoms with Gasteiger partial charge in [-0.05, 0) is 24.6 Å². The maximum Gasteiger partial charge on any atom is 0.277 e. The molecule has 0 unspecified atom stereocenters. The molecule has 2 amide bonds. The van der Waals surface area contributed by atoms with E-state index in [1.165, 1.54) is 6.20 Å². The van der Waals surface area contributed by atoms with Gasteiger partial charge in [-0.25, -0.2) is 0 Å². The molecule has 20 heavy (non-hydrogen) atoms. The van der Waals surface area contributed by atoms with Crippen LogP contribution in [0.25, 0.3) is 0 Å². The summed E-state index contributed by atoms with van der Waals surface area (Å²) in [5.41, 5.74) is 1.63. The van der Waals surface area contributed by atoms with Crippen LogP contribution in [0.5, 0.6) is 0 Å². The molecule has 3 rings (SSSR count). The third-order valence-corrected chi connectivity index (χ3v) is 3.14. The summed E-state index contributed by atoms with van der Waals surface area (Å²) < 4.78 is 0. The number of carbonyl (C=O) groups excluding carboxylic acids is 2. The van der Waals surface area contributed by atoms with Crippen LogP contribution in [0.4, 0.5) is 11.4 Å². The third kappa shape index (κ3) is 2.37. The highest BCUT2D eigenvalue weighted by Crippen LogP contribution is 2.24. The number of nitrogens with zero attached hydrogens (tertiary/aromatic N) is 3. The van der Waals surface area contributed by atoms with Crippen LogP contribution < -0.4 is 10.2 Å². The maximum absolute atomic E-state index is 11.9. The first-order chi connectivity index (χ1) is 9.74. The predicted octanol–water partition coefficient (Wildman–Crippen LogP) is 1.18. The van der Waals surface area contributed by atoms with E-state index in [0.29, 0.717) is 12.1 Å². The number of aromatic amines is 1. The van der Waals surface area contributed by atoms with Crippen LogP contribution in [0.1, 0.15) is 23.3 Å². The Morgan fingerprint density at radius 3 is 3.00 bits per heavy atom. The Labute approximate surface area is 115 Å².